The van der Waals surface area contributed by atoms with Crippen LogP contribution in [-0.4, -0.2) is 12.9 Å². The maximum absolute atomic E-state index is 10.4. The highest BCUT2D eigenvalue weighted by Crippen LogP contribution is 2.13. The second-order valence-electron chi connectivity index (χ2n) is 3.02. The third-order valence-electron chi connectivity index (χ3n) is 1.76. The van der Waals surface area contributed by atoms with Crippen LogP contribution in [0.1, 0.15) is 12.5 Å². The van der Waals surface area contributed by atoms with Crippen LogP contribution in [0.15, 0.2) is 29.8 Å². The summed E-state index contributed by atoms with van der Waals surface area (Å²) in [6.45, 7) is 1.79. The number of aldehydes is 1. The van der Waals surface area contributed by atoms with Crippen LogP contribution >= 0.6 is 0 Å². The van der Waals surface area contributed by atoms with Crippen molar-refractivity contribution in [2.75, 3.05) is 6.61 Å². The quantitative estimate of drug-likeness (QED) is 0.554. The molecule has 3 nitrogen and oxygen atoms in total. The zero-order chi connectivity index (χ0) is 11.1. The number of nitriles is 1. The minimum atomic E-state index is 0.0442. The van der Waals surface area contributed by atoms with Gasteiger partial charge in [-0.05, 0) is 36.3 Å². The summed E-state index contributed by atoms with van der Waals surface area (Å²) >= 11 is 0. The van der Waals surface area contributed by atoms with E-state index in [9.17, 15) is 4.79 Å². The Hall–Kier alpha value is -2.08. The molecule has 0 spiro atoms. The molecule has 0 heterocycles. The second kappa shape index (κ2) is 5.61. The summed E-state index contributed by atoms with van der Waals surface area (Å²) in [6.07, 6.45) is 2.58. The maximum Gasteiger partial charge on any atom is 0.174 e. The highest BCUT2D eigenvalue weighted by molar-refractivity contribution is 5.80. The number of allylic oxidation sites excluding steroid dienone is 1. The van der Waals surface area contributed by atoms with Crippen molar-refractivity contribution in [3.63, 3.8) is 0 Å². The molecular weight excluding hydrogens is 190 g/mol. The van der Waals surface area contributed by atoms with E-state index in [2.05, 4.69) is 0 Å². The van der Waals surface area contributed by atoms with Gasteiger partial charge in [0.15, 0.2) is 6.61 Å². The number of ether oxygens (including phenoxy) is 1. The molecule has 0 atom stereocenters. The van der Waals surface area contributed by atoms with Crippen molar-refractivity contribution in [3.8, 4) is 11.8 Å². The van der Waals surface area contributed by atoms with Crippen LogP contribution in [0.5, 0.6) is 5.75 Å². The fourth-order valence-corrected chi connectivity index (χ4v) is 1.07. The van der Waals surface area contributed by atoms with E-state index in [0.29, 0.717) is 11.3 Å². The molecule has 0 radical (unpaired) electrons. The molecule has 76 valence electrons. The Morgan fingerprint density at radius 1 is 1.47 bits per heavy atom. The molecular formula is C12H11NO2. The number of hydrogen-bond donors (Lipinski definition) is 0. The topological polar surface area (TPSA) is 50.1 Å². The van der Waals surface area contributed by atoms with Crippen molar-refractivity contribution < 1.29 is 9.53 Å². The van der Waals surface area contributed by atoms with Gasteiger partial charge in [0.1, 0.15) is 18.1 Å². The van der Waals surface area contributed by atoms with Gasteiger partial charge in [-0.15, -0.1) is 0 Å². The molecule has 0 aliphatic carbocycles. The number of carbonyl (C=O) groups excluding carboxylic acids is 1. The average molecular weight is 201 g/mol. The lowest BCUT2D eigenvalue weighted by atomic mass is 10.1. The van der Waals surface area contributed by atoms with Crippen molar-refractivity contribution >= 4 is 12.4 Å². The molecule has 0 fully saturated rings. The minimum absolute atomic E-state index is 0.0442. The lowest BCUT2D eigenvalue weighted by Gasteiger charge is -2.01. The predicted molar refractivity (Wildman–Crippen MR) is 57.3 cm³/mol. The van der Waals surface area contributed by atoms with E-state index in [1.54, 1.807) is 25.1 Å². The van der Waals surface area contributed by atoms with Crippen LogP contribution in [0.3, 0.4) is 0 Å². The van der Waals surface area contributed by atoms with Gasteiger partial charge in [-0.2, -0.15) is 5.26 Å². The molecule has 0 unspecified atom stereocenters. The Morgan fingerprint density at radius 3 is 2.67 bits per heavy atom. The zero-order valence-corrected chi connectivity index (χ0v) is 8.43. The predicted octanol–water partition coefficient (Wildman–Crippen LogP) is 2.19. The Balaban J connectivity index is 2.73. The smallest absolute Gasteiger partial charge is 0.174 e. The highest BCUT2D eigenvalue weighted by Gasteiger charge is 1.93. The SMILES string of the molecule is CC(C=O)=Cc1ccc(OCC#N)cc1. The van der Waals surface area contributed by atoms with Gasteiger partial charge < -0.3 is 4.74 Å². The number of carbonyl (C=O) groups is 1. The van der Waals surface area contributed by atoms with Crippen molar-refractivity contribution in [2.45, 2.75) is 6.92 Å². The molecule has 0 saturated carbocycles. The van der Waals surface area contributed by atoms with Crippen LogP contribution < -0.4 is 4.74 Å². The third-order valence-corrected chi connectivity index (χ3v) is 1.76. The molecule has 0 aliphatic rings. The van der Waals surface area contributed by atoms with Gasteiger partial charge in [-0.1, -0.05) is 12.1 Å². The van der Waals surface area contributed by atoms with Gasteiger partial charge >= 0.3 is 0 Å². The number of rotatable bonds is 4. The van der Waals surface area contributed by atoms with Gasteiger partial charge in [0.2, 0.25) is 0 Å². The van der Waals surface area contributed by atoms with Crippen LogP contribution in [0.25, 0.3) is 6.08 Å². The Labute approximate surface area is 88.6 Å². The monoisotopic (exact) mass is 201 g/mol. The van der Waals surface area contributed by atoms with Crippen LogP contribution in [0.4, 0.5) is 0 Å². The summed E-state index contributed by atoms with van der Waals surface area (Å²) < 4.78 is 5.09. The standard InChI is InChI=1S/C12H11NO2/c1-10(9-14)8-11-2-4-12(5-3-11)15-7-6-13/h2-5,8-9H,7H2,1H3. The second-order valence-corrected chi connectivity index (χ2v) is 3.02. The molecule has 0 amide bonds. The van der Waals surface area contributed by atoms with Gasteiger partial charge in [-0.25, -0.2) is 0 Å². The molecule has 3 heteroatoms. The first-order chi connectivity index (χ1) is 7.26. The molecule has 1 aromatic rings. The highest BCUT2D eigenvalue weighted by atomic mass is 16.5. The summed E-state index contributed by atoms with van der Waals surface area (Å²) in [5.74, 6) is 0.650. The molecule has 0 saturated heterocycles. The zero-order valence-electron chi connectivity index (χ0n) is 8.43. The maximum atomic E-state index is 10.4. The van der Waals surface area contributed by atoms with Crippen LogP contribution in [0, 0.1) is 11.3 Å². The van der Waals surface area contributed by atoms with Crippen molar-refractivity contribution in [2.24, 2.45) is 0 Å². The van der Waals surface area contributed by atoms with E-state index in [0.717, 1.165) is 11.8 Å². The Bertz CT molecular complexity index is 399. The molecule has 0 aliphatic heterocycles. The summed E-state index contributed by atoms with van der Waals surface area (Å²) in [6, 6.07) is 9.09. The van der Waals surface area contributed by atoms with E-state index >= 15 is 0 Å². The van der Waals surface area contributed by atoms with Crippen LogP contribution in [-0.2, 0) is 4.79 Å². The fraction of sp³-hybridized carbons (Fsp3) is 0.167. The normalized spacial score (nSPS) is 10.5. The van der Waals surface area contributed by atoms with Gasteiger partial charge in [0.25, 0.3) is 0 Å². The third kappa shape index (κ3) is 3.65. The molecule has 1 rings (SSSR count). The van der Waals surface area contributed by atoms with E-state index in [1.165, 1.54) is 0 Å². The number of nitrogens with zero attached hydrogens (tertiary/aromatic N) is 1. The number of benzene rings is 1. The van der Waals surface area contributed by atoms with Gasteiger partial charge in [0.05, 0.1) is 0 Å². The molecule has 0 N–H and O–H groups in total. The summed E-state index contributed by atoms with van der Waals surface area (Å²) in [4.78, 5) is 10.4. The first-order valence-electron chi connectivity index (χ1n) is 4.49. The Kier molecular flexibility index (Phi) is 4.11. The largest absolute Gasteiger partial charge is 0.479 e. The van der Waals surface area contributed by atoms with Crippen molar-refractivity contribution in [1.29, 1.82) is 5.26 Å². The molecule has 0 aromatic heterocycles. The first-order valence-corrected chi connectivity index (χ1v) is 4.49. The first kappa shape index (κ1) is 11.0. The number of hydrogen-bond acceptors (Lipinski definition) is 3. The van der Waals surface area contributed by atoms with Gasteiger partial charge in [-0.3, -0.25) is 4.79 Å². The lowest BCUT2D eigenvalue weighted by Crippen LogP contribution is -1.92. The summed E-state index contributed by atoms with van der Waals surface area (Å²) in [7, 11) is 0. The summed E-state index contributed by atoms with van der Waals surface area (Å²) in [5, 5.41) is 8.31. The van der Waals surface area contributed by atoms with E-state index in [1.807, 2.05) is 18.2 Å². The average Bonchev–Trinajstić information content (AvgIpc) is 2.28. The van der Waals surface area contributed by atoms with E-state index in [4.69, 9.17) is 10.00 Å². The molecule has 15 heavy (non-hydrogen) atoms. The Morgan fingerprint density at radius 2 is 2.13 bits per heavy atom. The molecule has 0 bridgehead atoms. The van der Waals surface area contributed by atoms with E-state index < -0.39 is 0 Å². The van der Waals surface area contributed by atoms with Crippen molar-refractivity contribution in [1.82, 2.24) is 0 Å². The van der Waals surface area contributed by atoms with Gasteiger partial charge in [0, 0.05) is 0 Å². The minimum Gasteiger partial charge on any atom is -0.479 e. The summed E-state index contributed by atoms with van der Waals surface area (Å²) in [5.41, 5.74) is 1.60. The molecule has 1 aromatic carbocycles. The van der Waals surface area contributed by atoms with Crippen molar-refractivity contribution in [3.05, 3.63) is 35.4 Å². The van der Waals surface area contributed by atoms with E-state index in [-0.39, 0.29) is 6.61 Å². The van der Waals surface area contributed by atoms with Crippen LogP contribution in [0.2, 0.25) is 0 Å². The lowest BCUT2D eigenvalue weighted by molar-refractivity contribution is -0.104. The fourth-order valence-electron chi connectivity index (χ4n) is 1.07.